The second kappa shape index (κ2) is 9.80. The molecule has 1 unspecified atom stereocenters. The minimum absolute atomic E-state index is 0. The van der Waals surface area contributed by atoms with Gasteiger partial charge < -0.3 is 15.4 Å². The molecule has 0 saturated carbocycles. The molecular weight excluding hydrogens is 437 g/mol. The van der Waals surface area contributed by atoms with Crippen LogP contribution in [0, 0.1) is 6.92 Å². The van der Waals surface area contributed by atoms with Crippen molar-refractivity contribution in [3.8, 4) is 5.75 Å². The molecule has 1 aliphatic rings. The van der Waals surface area contributed by atoms with Gasteiger partial charge in [-0.25, -0.2) is 0 Å². The monoisotopic (exact) mass is 465 g/mol. The molecule has 2 N–H and O–H groups in total. The molecule has 140 valence electrons. The Morgan fingerprint density at radius 3 is 2.73 bits per heavy atom. The minimum atomic E-state index is 0. The predicted octanol–water partition coefficient (Wildman–Crippen LogP) is 3.67. The van der Waals surface area contributed by atoms with E-state index in [4.69, 9.17) is 4.74 Å². The molecule has 3 rings (SSSR count). The highest BCUT2D eigenvalue weighted by molar-refractivity contribution is 14.0. The summed E-state index contributed by atoms with van der Waals surface area (Å²) >= 11 is 0. The van der Waals surface area contributed by atoms with Gasteiger partial charge in [-0.15, -0.1) is 24.0 Å². The van der Waals surface area contributed by atoms with Crippen LogP contribution in [0.1, 0.15) is 28.2 Å². The quantitative estimate of drug-likeness (QED) is 0.389. The Morgan fingerprint density at radius 2 is 2.00 bits per heavy atom. The van der Waals surface area contributed by atoms with Gasteiger partial charge in [0.25, 0.3) is 0 Å². The number of hydrogen-bond acceptors (Lipinski definition) is 2. The lowest BCUT2D eigenvalue weighted by Crippen LogP contribution is -2.41. The van der Waals surface area contributed by atoms with Crippen molar-refractivity contribution in [3.63, 3.8) is 0 Å². The highest BCUT2D eigenvalue weighted by Crippen LogP contribution is 2.33. The Kier molecular flexibility index (Phi) is 7.75. The maximum atomic E-state index is 5.39. The highest BCUT2D eigenvalue weighted by atomic mass is 127. The van der Waals surface area contributed by atoms with Crippen LogP contribution in [0.15, 0.2) is 47.5 Å². The summed E-state index contributed by atoms with van der Waals surface area (Å²) in [7, 11) is 3.54. The summed E-state index contributed by atoms with van der Waals surface area (Å²) in [5, 5.41) is 6.84. The van der Waals surface area contributed by atoms with Gasteiger partial charge in [-0.2, -0.15) is 0 Å². The smallest absolute Gasteiger partial charge is 0.191 e. The number of nitrogens with zero attached hydrogens (tertiary/aromatic N) is 1. The third kappa shape index (κ3) is 4.90. The first-order chi connectivity index (χ1) is 12.2. The van der Waals surface area contributed by atoms with E-state index in [1.54, 1.807) is 7.11 Å². The Hall–Kier alpha value is -1.76. The highest BCUT2D eigenvalue weighted by Gasteiger charge is 2.25. The van der Waals surface area contributed by atoms with Crippen molar-refractivity contribution in [1.29, 1.82) is 0 Å². The third-order valence-corrected chi connectivity index (χ3v) is 4.88. The summed E-state index contributed by atoms with van der Waals surface area (Å²) in [6.45, 7) is 3.83. The standard InChI is InChI=1S/C21H27N3O.HI/c1-15-8-9-16(12-20(15)25-3)10-11-23-21(22-2)24-14-18-13-17-6-4-5-7-19(17)18;/h4-9,12,18H,10-11,13-14H2,1-3H3,(H2,22,23,24);1H. The molecule has 0 amide bonds. The summed E-state index contributed by atoms with van der Waals surface area (Å²) in [6, 6.07) is 15.0. The molecule has 0 bridgehead atoms. The second-order valence-electron chi connectivity index (χ2n) is 6.53. The number of benzene rings is 2. The Labute approximate surface area is 173 Å². The molecule has 5 heteroatoms. The summed E-state index contributed by atoms with van der Waals surface area (Å²) in [4.78, 5) is 4.32. The molecule has 26 heavy (non-hydrogen) atoms. The van der Waals surface area contributed by atoms with Crippen LogP contribution in [0.4, 0.5) is 0 Å². The van der Waals surface area contributed by atoms with Crippen LogP contribution in [0.2, 0.25) is 0 Å². The second-order valence-corrected chi connectivity index (χ2v) is 6.53. The van der Waals surface area contributed by atoms with E-state index in [0.29, 0.717) is 5.92 Å². The number of rotatable bonds is 6. The lowest BCUT2D eigenvalue weighted by Gasteiger charge is -2.30. The molecule has 0 fully saturated rings. The zero-order valence-electron chi connectivity index (χ0n) is 15.7. The molecule has 0 saturated heterocycles. The van der Waals surface area contributed by atoms with Crippen molar-refractivity contribution in [2.75, 3.05) is 27.2 Å². The van der Waals surface area contributed by atoms with E-state index in [1.165, 1.54) is 16.7 Å². The zero-order chi connectivity index (χ0) is 17.6. The average Bonchev–Trinajstić information content (AvgIpc) is 2.62. The van der Waals surface area contributed by atoms with Gasteiger partial charge in [-0.3, -0.25) is 4.99 Å². The molecule has 0 aromatic heterocycles. The van der Waals surface area contributed by atoms with Gasteiger partial charge in [-0.05, 0) is 48.1 Å². The lowest BCUT2D eigenvalue weighted by atomic mass is 9.78. The van der Waals surface area contributed by atoms with Crippen molar-refractivity contribution in [2.45, 2.75) is 25.7 Å². The van der Waals surface area contributed by atoms with E-state index < -0.39 is 0 Å². The first-order valence-corrected chi connectivity index (χ1v) is 8.87. The van der Waals surface area contributed by atoms with Crippen molar-refractivity contribution in [3.05, 3.63) is 64.7 Å². The first-order valence-electron chi connectivity index (χ1n) is 8.87. The number of hydrogen-bond donors (Lipinski definition) is 2. The summed E-state index contributed by atoms with van der Waals surface area (Å²) in [5.74, 6) is 2.41. The fourth-order valence-electron chi connectivity index (χ4n) is 3.33. The minimum Gasteiger partial charge on any atom is -0.496 e. The fourth-order valence-corrected chi connectivity index (χ4v) is 3.33. The van der Waals surface area contributed by atoms with Crippen LogP contribution in [-0.2, 0) is 12.8 Å². The summed E-state index contributed by atoms with van der Waals surface area (Å²) < 4.78 is 5.39. The molecule has 0 aliphatic heterocycles. The van der Waals surface area contributed by atoms with Crippen molar-refractivity contribution in [2.24, 2.45) is 4.99 Å². The molecule has 2 aromatic carbocycles. The fraction of sp³-hybridized carbons (Fsp3) is 0.381. The van der Waals surface area contributed by atoms with Crippen LogP contribution < -0.4 is 15.4 Å². The molecule has 4 nitrogen and oxygen atoms in total. The van der Waals surface area contributed by atoms with Crippen LogP contribution >= 0.6 is 24.0 Å². The Bertz CT molecular complexity index is 761. The SMILES string of the molecule is CN=C(NCCc1ccc(C)c(OC)c1)NCC1Cc2ccccc21.I. The van der Waals surface area contributed by atoms with Gasteiger partial charge in [0.15, 0.2) is 5.96 Å². The predicted molar refractivity (Wildman–Crippen MR) is 119 cm³/mol. The number of aryl methyl sites for hydroxylation is 1. The van der Waals surface area contributed by atoms with E-state index in [-0.39, 0.29) is 24.0 Å². The first kappa shape index (κ1) is 20.6. The normalized spacial score (nSPS) is 15.3. The summed E-state index contributed by atoms with van der Waals surface area (Å²) in [5.41, 5.74) is 5.37. The third-order valence-electron chi connectivity index (χ3n) is 4.88. The molecular formula is C21H28IN3O. The Morgan fingerprint density at radius 1 is 1.19 bits per heavy atom. The van der Waals surface area contributed by atoms with Gasteiger partial charge in [0.05, 0.1) is 7.11 Å². The van der Waals surface area contributed by atoms with E-state index in [0.717, 1.165) is 43.2 Å². The maximum absolute atomic E-state index is 5.39. The lowest BCUT2D eigenvalue weighted by molar-refractivity contribution is 0.411. The van der Waals surface area contributed by atoms with Gasteiger partial charge in [-0.1, -0.05) is 36.4 Å². The number of halogens is 1. The van der Waals surface area contributed by atoms with Gasteiger partial charge in [0.1, 0.15) is 5.75 Å². The van der Waals surface area contributed by atoms with Gasteiger partial charge in [0, 0.05) is 26.1 Å². The summed E-state index contributed by atoms with van der Waals surface area (Å²) in [6.07, 6.45) is 2.09. The number of guanidine groups is 1. The van der Waals surface area contributed by atoms with Crippen LogP contribution in [0.3, 0.4) is 0 Å². The van der Waals surface area contributed by atoms with Gasteiger partial charge in [0.2, 0.25) is 0 Å². The van der Waals surface area contributed by atoms with E-state index in [9.17, 15) is 0 Å². The van der Waals surface area contributed by atoms with Gasteiger partial charge >= 0.3 is 0 Å². The van der Waals surface area contributed by atoms with Crippen LogP contribution in [0.25, 0.3) is 0 Å². The van der Waals surface area contributed by atoms with Crippen molar-refractivity contribution >= 4 is 29.9 Å². The molecule has 0 spiro atoms. The van der Waals surface area contributed by atoms with Crippen molar-refractivity contribution < 1.29 is 4.74 Å². The van der Waals surface area contributed by atoms with Crippen LogP contribution in [-0.4, -0.2) is 33.2 Å². The van der Waals surface area contributed by atoms with E-state index >= 15 is 0 Å². The Balaban J connectivity index is 0.00000243. The van der Waals surface area contributed by atoms with Crippen LogP contribution in [0.5, 0.6) is 5.75 Å². The maximum Gasteiger partial charge on any atom is 0.191 e. The number of nitrogens with one attached hydrogen (secondary N) is 2. The van der Waals surface area contributed by atoms with E-state index in [2.05, 4.69) is 65.0 Å². The molecule has 0 heterocycles. The number of methoxy groups -OCH3 is 1. The number of fused-ring (bicyclic) bond motifs is 1. The number of aliphatic imine (C=N–C) groups is 1. The zero-order valence-corrected chi connectivity index (χ0v) is 18.0. The molecule has 1 atom stereocenters. The van der Waals surface area contributed by atoms with Crippen molar-refractivity contribution in [1.82, 2.24) is 10.6 Å². The number of ether oxygens (including phenoxy) is 1. The topological polar surface area (TPSA) is 45.7 Å². The molecule has 1 aliphatic carbocycles. The van der Waals surface area contributed by atoms with E-state index in [1.807, 2.05) is 7.05 Å². The molecule has 0 radical (unpaired) electrons. The molecule has 2 aromatic rings. The average molecular weight is 465 g/mol. The largest absolute Gasteiger partial charge is 0.496 e.